The highest BCUT2D eigenvalue weighted by molar-refractivity contribution is 6.31. The molecule has 0 aliphatic heterocycles. The number of hydrogen-bond acceptors (Lipinski definition) is 4. The molecule has 4 rings (SSSR count). The number of methoxy groups -OCH3 is 2. The lowest BCUT2D eigenvalue weighted by atomic mass is 10.1. The lowest BCUT2D eigenvalue weighted by Crippen LogP contribution is -2.13. The van der Waals surface area contributed by atoms with Crippen molar-refractivity contribution in [2.24, 2.45) is 0 Å². The number of carbonyl (C=O) groups is 1. The molecule has 1 aromatic heterocycles. The van der Waals surface area contributed by atoms with Crippen molar-refractivity contribution in [2.45, 2.75) is 13.5 Å². The number of carbonyl (C=O) groups excluding carboxylic acids is 1. The van der Waals surface area contributed by atoms with E-state index in [-0.39, 0.29) is 5.91 Å². The summed E-state index contributed by atoms with van der Waals surface area (Å²) in [5, 5.41) is 8.37. The molecule has 4 aromatic rings. The third-order valence-corrected chi connectivity index (χ3v) is 5.69. The van der Waals surface area contributed by atoms with E-state index < -0.39 is 0 Å². The van der Waals surface area contributed by atoms with E-state index in [0.29, 0.717) is 40.0 Å². The van der Waals surface area contributed by atoms with Gasteiger partial charge in [-0.05, 0) is 30.2 Å². The quantitative estimate of drug-likeness (QED) is 0.376. The largest absolute Gasteiger partial charge is 0.493 e. The Balaban J connectivity index is 1.71. The summed E-state index contributed by atoms with van der Waals surface area (Å²) in [6, 6.07) is 20.8. The smallest absolute Gasteiger partial charge is 0.259 e. The van der Waals surface area contributed by atoms with Gasteiger partial charge in [-0.25, -0.2) is 0 Å². The number of aryl methyl sites for hydroxylation is 1. The molecule has 1 heterocycles. The van der Waals surface area contributed by atoms with Gasteiger partial charge in [0, 0.05) is 28.5 Å². The second-order valence-corrected chi connectivity index (χ2v) is 7.93. The number of halogens is 1. The van der Waals surface area contributed by atoms with Crippen LogP contribution in [-0.2, 0) is 6.54 Å². The van der Waals surface area contributed by atoms with E-state index in [2.05, 4.69) is 5.32 Å². The Kier molecular flexibility index (Phi) is 6.66. The maximum atomic E-state index is 13.4. The van der Waals surface area contributed by atoms with Crippen LogP contribution >= 0.6 is 11.6 Å². The van der Waals surface area contributed by atoms with Crippen LogP contribution in [0.15, 0.2) is 72.9 Å². The van der Waals surface area contributed by atoms with Gasteiger partial charge in [-0.2, -0.15) is 5.10 Å². The van der Waals surface area contributed by atoms with Crippen molar-refractivity contribution in [3.05, 3.63) is 94.6 Å². The second-order valence-electron chi connectivity index (χ2n) is 7.52. The molecule has 0 atom stereocenters. The van der Waals surface area contributed by atoms with Crippen LogP contribution in [-0.4, -0.2) is 29.9 Å². The van der Waals surface area contributed by atoms with Gasteiger partial charge >= 0.3 is 0 Å². The minimum Gasteiger partial charge on any atom is -0.493 e. The van der Waals surface area contributed by atoms with Crippen molar-refractivity contribution < 1.29 is 14.3 Å². The Morgan fingerprint density at radius 1 is 1.00 bits per heavy atom. The third kappa shape index (κ3) is 4.86. The Morgan fingerprint density at radius 3 is 2.36 bits per heavy atom. The summed E-state index contributed by atoms with van der Waals surface area (Å²) in [6.45, 7) is 2.35. The van der Waals surface area contributed by atoms with E-state index in [1.807, 2.05) is 67.6 Å². The highest BCUT2D eigenvalue weighted by atomic mass is 35.5. The SMILES string of the molecule is COc1cc(C)c(NC(=O)c2cn(Cc3ccccc3Cl)nc2-c2ccccc2)cc1OC. The van der Waals surface area contributed by atoms with Gasteiger partial charge < -0.3 is 14.8 Å². The Hall–Kier alpha value is -3.77. The van der Waals surface area contributed by atoms with Gasteiger partial charge in [0.25, 0.3) is 5.91 Å². The van der Waals surface area contributed by atoms with Crippen LogP contribution in [0.25, 0.3) is 11.3 Å². The van der Waals surface area contributed by atoms with E-state index in [0.717, 1.165) is 16.7 Å². The molecule has 7 heteroatoms. The second kappa shape index (κ2) is 9.79. The number of amides is 1. The van der Waals surface area contributed by atoms with Crippen molar-refractivity contribution >= 4 is 23.2 Å². The Labute approximate surface area is 197 Å². The molecule has 0 fully saturated rings. The lowest BCUT2D eigenvalue weighted by Gasteiger charge is -2.13. The summed E-state index contributed by atoms with van der Waals surface area (Å²) in [4.78, 5) is 13.4. The molecule has 33 heavy (non-hydrogen) atoms. The van der Waals surface area contributed by atoms with Crippen LogP contribution in [0, 0.1) is 6.92 Å². The number of anilines is 1. The number of nitrogens with zero attached hydrogens (tertiary/aromatic N) is 2. The van der Waals surface area contributed by atoms with Gasteiger partial charge in [0.15, 0.2) is 11.5 Å². The van der Waals surface area contributed by atoms with E-state index in [1.165, 1.54) is 0 Å². The van der Waals surface area contributed by atoms with E-state index in [1.54, 1.807) is 31.2 Å². The maximum Gasteiger partial charge on any atom is 0.259 e. The monoisotopic (exact) mass is 461 g/mol. The van der Waals surface area contributed by atoms with Gasteiger partial charge in [-0.3, -0.25) is 9.48 Å². The molecule has 0 aliphatic carbocycles. The normalized spacial score (nSPS) is 10.7. The fourth-order valence-electron chi connectivity index (χ4n) is 3.58. The van der Waals surface area contributed by atoms with E-state index >= 15 is 0 Å². The first kappa shape index (κ1) is 22.4. The average molecular weight is 462 g/mol. The summed E-state index contributed by atoms with van der Waals surface area (Å²) in [5.74, 6) is 0.871. The zero-order valence-electron chi connectivity index (χ0n) is 18.6. The zero-order chi connectivity index (χ0) is 23.4. The van der Waals surface area contributed by atoms with Gasteiger partial charge in [-0.15, -0.1) is 0 Å². The molecular weight excluding hydrogens is 438 g/mol. The molecule has 1 N–H and O–H groups in total. The molecule has 6 nitrogen and oxygen atoms in total. The van der Waals surface area contributed by atoms with Crippen molar-refractivity contribution in [2.75, 3.05) is 19.5 Å². The minimum absolute atomic E-state index is 0.269. The average Bonchev–Trinajstić information content (AvgIpc) is 3.26. The molecule has 1 amide bonds. The number of benzene rings is 3. The van der Waals surface area contributed by atoms with Crippen LogP contribution in [0.4, 0.5) is 5.69 Å². The molecule has 0 saturated carbocycles. The fourth-order valence-corrected chi connectivity index (χ4v) is 3.78. The number of nitrogens with one attached hydrogen (secondary N) is 1. The highest BCUT2D eigenvalue weighted by Crippen LogP contribution is 2.33. The number of hydrogen-bond donors (Lipinski definition) is 1. The van der Waals surface area contributed by atoms with E-state index in [9.17, 15) is 4.79 Å². The summed E-state index contributed by atoms with van der Waals surface area (Å²) >= 11 is 6.34. The van der Waals surface area contributed by atoms with Gasteiger partial charge in [0.1, 0.15) is 5.69 Å². The summed E-state index contributed by atoms with van der Waals surface area (Å²) in [6.07, 6.45) is 1.75. The Bertz CT molecular complexity index is 1290. The molecule has 0 radical (unpaired) electrons. The Morgan fingerprint density at radius 2 is 1.67 bits per heavy atom. The first-order valence-corrected chi connectivity index (χ1v) is 10.8. The van der Waals surface area contributed by atoms with Gasteiger partial charge in [0.2, 0.25) is 0 Å². The van der Waals surface area contributed by atoms with Gasteiger partial charge in [0.05, 0.1) is 26.3 Å². The molecule has 0 aliphatic rings. The van der Waals surface area contributed by atoms with Crippen molar-refractivity contribution in [1.29, 1.82) is 0 Å². The molecular formula is C26H24ClN3O3. The predicted octanol–water partition coefficient (Wildman–Crippen LogP) is 5.83. The topological polar surface area (TPSA) is 65.4 Å². The van der Waals surface area contributed by atoms with Gasteiger partial charge in [-0.1, -0.05) is 60.1 Å². The predicted molar refractivity (Wildman–Crippen MR) is 130 cm³/mol. The van der Waals surface area contributed by atoms with E-state index in [4.69, 9.17) is 26.2 Å². The molecule has 168 valence electrons. The molecule has 0 saturated heterocycles. The zero-order valence-corrected chi connectivity index (χ0v) is 19.4. The van der Waals surface area contributed by atoms with Crippen LogP contribution in [0.3, 0.4) is 0 Å². The fraction of sp³-hybridized carbons (Fsp3) is 0.154. The van der Waals surface area contributed by atoms with Crippen molar-refractivity contribution in [3.8, 4) is 22.8 Å². The number of aromatic nitrogens is 2. The highest BCUT2D eigenvalue weighted by Gasteiger charge is 2.20. The lowest BCUT2D eigenvalue weighted by molar-refractivity contribution is 0.102. The summed E-state index contributed by atoms with van der Waals surface area (Å²) in [5.41, 5.74) is 4.32. The minimum atomic E-state index is -0.269. The molecule has 3 aromatic carbocycles. The summed E-state index contributed by atoms with van der Waals surface area (Å²) in [7, 11) is 3.14. The van der Waals surface area contributed by atoms with Crippen LogP contribution in [0.5, 0.6) is 11.5 Å². The maximum absolute atomic E-state index is 13.4. The molecule has 0 spiro atoms. The van der Waals surface area contributed by atoms with Crippen LogP contribution in [0.1, 0.15) is 21.5 Å². The van der Waals surface area contributed by atoms with Crippen LogP contribution < -0.4 is 14.8 Å². The van der Waals surface area contributed by atoms with Crippen LogP contribution in [0.2, 0.25) is 5.02 Å². The number of ether oxygens (including phenoxy) is 2. The summed E-state index contributed by atoms with van der Waals surface area (Å²) < 4.78 is 12.5. The first-order valence-electron chi connectivity index (χ1n) is 10.4. The van der Waals surface area contributed by atoms with Crippen molar-refractivity contribution in [3.63, 3.8) is 0 Å². The van der Waals surface area contributed by atoms with Crippen molar-refractivity contribution in [1.82, 2.24) is 9.78 Å². The first-order chi connectivity index (χ1) is 16.0. The standard InChI is InChI=1S/C26H24ClN3O3/c1-17-13-23(32-2)24(33-3)14-22(17)28-26(31)20-16-30(15-19-11-7-8-12-21(19)27)29-25(20)18-9-5-4-6-10-18/h4-14,16H,15H2,1-3H3,(H,28,31). The molecule has 0 bridgehead atoms. The third-order valence-electron chi connectivity index (χ3n) is 5.32. The molecule has 0 unspecified atom stereocenters. The number of rotatable bonds is 7.